The second-order valence-corrected chi connectivity index (χ2v) is 4.17. The molecule has 0 fully saturated rings. The van der Waals surface area contributed by atoms with E-state index < -0.39 is 0 Å². The lowest BCUT2D eigenvalue weighted by molar-refractivity contribution is 0.379. The number of aromatic nitrogens is 3. The summed E-state index contributed by atoms with van der Waals surface area (Å²) in [6.07, 6.45) is 1.02. The summed E-state index contributed by atoms with van der Waals surface area (Å²) in [4.78, 5) is 12.5. The topological polar surface area (TPSA) is 72.0 Å². The van der Waals surface area contributed by atoms with Crippen molar-refractivity contribution < 1.29 is 4.74 Å². The SMILES string of the molecule is CCCNc1nc(NCC(C)C)nc(OC)n1. The lowest BCUT2D eigenvalue weighted by Gasteiger charge is -2.10. The third-order valence-corrected chi connectivity index (χ3v) is 2.00. The second-order valence-electron chi connectivity index (χ2n) is 4.17. The Kier molecular flexibility index (Phi) is 5.45. The number of rotatable bonds is 7. The summed E-state index contributed by atoms with van der Waals surface area (Å²) in [5.41, 5.74) is 0. The van der Waals surface area contributed by atoms with Crippen molar-refractivity contribution in [1.82, 2.24) is 15.0 Å². The van der Waals surface area contributed by atoms with E-state index in [2.05, 4.69) is 46.4 Å². The fourth-order valence-corrected chi connectivity index (χ4v) is 1.14. The average molecular weight is 239 g/mol. The predicted molar refractivity (Wildman–Crippen MR) is 68.5 cm³/mol. The molecule has 6 heteroatoms. The van der Waals surface area contributed by atoms with Gasteiger partial charge in [-0.1, -0.05) is 20.8 Å². The quantitative estimate of drug-likeness (QED) is 0.755. The lowest BCUT2D eigenvalue weighted by atomic mass is 10.2. The highest BCUT2D eigenvalue weighted by Gasteiger charge is 2.06. The van der Waals surface area contributed by atoms with Crippen LogP contribution in [0, 0.1) is 5.92 Å². The fraction of sp³-hybridized carbons (Fsp3) is 0.727. The minimum absolute atomic E-state index is 0.324. The Balaban J connectivity index is 2.73. The van der Waals surface area contributed by atoms with E-state index in [0.717, 1.165) is 19.5 Å². The normalized spacial score (nSPS) is 10.4. The fourth-order valence-electron chi connectivity index (χ4n) is 1.14. The van der Waals surface area contributed by atoms with Crippen molar-refractivity contribution in [3.63, 3.8) is 0 Å². The van der Waals surface area contributed by atoms with E-state index in [-0.39, 0.29) is 0 Å². The van der Waals surface area contributed by atoms with Crippen LogP contribution in [0.5, 0.6) is 6.01 Å². The molecule has 0 spiro atoms. The Hall–Kier alpha value is -1.59. The van der Waals surface area contributed by atoms with E-state index in [1.807, 2.05) is 0 Å². The Morgan fingerprint density at radius 2 is 1.76 bits per heavy atom. The molecule has 0 unspecified atom stereocenters. The summed E-state index contributed by atoms with van der Waals surface area (Å²) in [6.45, 7) is 7.99. The minimum atomic E-state index is 0.324. The van der Waals surface area contributed by atoms with Gasteiger partial charge in [0.15, 0.2) is 0 Å². The van der Waals surface area contributed by atoms with Gasteiger partial charge in [0.25, 0.3) is 0 Å². The van der Waals surface area contributed by atoms with E-state index in [9.17, 15) is 0 Å². The molecule has 1 aromatic heterocycles. The molecule has 1 aromatic rings. The first kappa shape index (κ1) is 13.5. The zero-order valence-electron chi connectivity index (χ0n) is 10.9. The smallest absolute Gasteiger partial charge is 0.322 e. The van der Waals surface area contributed by atoms with E-state index in [4.69, 9.17) is 4.74 Å². The first-order valence-corrected chi connectivity index (χ1v) is 5.93. The Morgan fingerprint density at radius 3 is 2.29 bits per heavy atom. The van der Waals surface area contributed by atoms with Crippen molar-refractivity contribution in [2.24, 2.45) is 5.92 Å². The molecule has 1 heterocycles. The molecule has 0 atom stereocenters. The van der Waals surface area contributed by atoms with Crippen LogP contribution < -0.4 is 15.4 Å². The van der Waals surface area contributed by atoms with E-state index in [1.54, 1.807) is 7.11 Å². The van der Waals surface area contributed by atoms with Crippen LogP contribution in [0.3, 0.4) is 0 Å². The van der Waals surface area contributed by atoms with Crippen molar-refractivity contribution in [3.05, 3.63) is 0 Å². The standard InChI is InChI=1S/C11H21N5O/c1-5-6-12-9-14-10(13-7-8(2)3)16-11(15-9)17-4/h8H,5-7H2,1-4H3,(H2,12,13,14,15,16). The molecule has 0 radical (unpaired) electrons. The molecule has 17 heavy (non-hydrogen) atoms. The molecule has 0 saturated carbocycles. The highest BCUT2D eigenvalue weighted by Crippen LogP contribution is 2.11. The first-order valence-electron chi connectivity index (χ1n) is 5.93. The number of hydrogen-bond acceptors (Lipinski definition) is 6. The van der Waals surface area contributed by atoms with Gasteiger partial charge in [-0.25, -0.2) is 0 Å². The van der Waals surface area contributed by atoms with E-state index >= 15 is 0 Å². The number of hydrogen-bond donors (Lipinski definition) is 2. The van der Waals surface area contributed by atoms with Crippen LogP contribution in [0.4, 0.5) is 11.9 Å². The summed E-state index contributed by atoms with van der Waals surface area (Å²) < 4.78 is 5.04. The molecule has 6 nitrogen and oxygen atoms in total. The van der Waals surface area contributed by atoms with Crippen LogP contribution in [0.1, 0.15) is 27.2 Å². The van der Waals surface area contributed by atoms with Gasteiger partial charge >= 0.3 is 6.01 Å². The van der Waals surface area contributed by atoms with Gasteiger partial charge in [0.1, 0.15) is 0 Å². The Labute approximate surface area is 102 Å². The van der Waals surface area contributed by atoms with Gasteiger partial charge in [-0.15, -0.1) is 0 Å². The van der Waals surface area contributed by atoms with Gasteiger partial charge in [-0.3, -0.25) is 0 Å². The van der Waals surface area contributed by atoms with E-state index in [0.29, 0.717) is 23.8 Å². The summed E-state index contributed by atoms with van der Waals surface area (Å²) in [5.74, 6) is 1.62. The van der Waals surface area contributed by atoms with Gasteiger partial charge < -0.3 is 15.4 Å². The van der Waals surface area contributed by atoms with Crippen LogP contribution >= 0.6 is 0 Å². The molecule has 2 N–H and O–H groups in total. The molecule has 0 bridgehead atoms. The zero-order chi connectivity index (χ0) is 12.7. The van der Waals surface area contributed by atoms with E-state index in [1.165, 1.54) is 0 Å². The molecule has 1 rings (SSSR count). The molecule has 0 aliphatic heterocycles. The molecule has 0 aromatic carbocycles. The number of anilines is 2. The summed E-state index contributed by atoms with van der Waals surface area (Å²) >= 11 is 0. The minimum Gasteiger partial charge on any atom is -0.467 e. The van der Waals surface area contributed by atoms with Crippen molar-refractivity contribution in [2.75, 3.05) is 30.8 Å². The lowest BCUT2D eigenvalue weighted by Crippen LogP contribution is -2.13. The third-order valence-electron chi connectivity index (χ3n) is 2.00. The average Bonchev–Trinajstić information content (AvgIpc) is 2.33. The van der Waals surface area contributed by atoms with Crippen LogP contribution in [-0.2, 0) is 0 Å². The van der Waals surface area contributed by atoms with Crippen LogP contribution in [0.15, 0.2) is 0 Å². The van der Waals surface area contributed by atoms with Crippen LogP contribution in [-0.4, -0.2) is 35.2 Å². The van der Waals surface area contributed by atoms with Crippen molar-refractivity contribution >= 4 is 11.9 Å². The number of methoxy groups -OCH3 is 1. The zero-order valence-corrected chi connectivity index (χ0v) is 10.9. The summed E-state index contributed by atoms with van der Waals surface area (Å²) in [7, 11) is 1.55. The Morgan fingerprint density at radius 1 is 1.12 bits per heavy atom. The first-order chi connectivity index (χ1) is 8.15. The summed E-state index contributed by atoms with van der Waals surface area (Å²) in [6, 6.07) is 0.324. The molecule has 0 amide bonds. The maximum atomic E-state index is 5.04. The summed E-state index contributed by atoms with van der Waals surface area (Å²) in [5, 5.41) is 6.27. The predicted octanol–water partition coefficient (Wildman–Crippen LogP) is 1.77. The van der Waals surface area contributed by atoms with Gasteiger partial charge in [-0.05, 0) is 12.3 Å². The van der Waals surface area contributed by atoms with Gasteiger partial charge in [-0.2, -0.15) is 15.0 Å². The molecule has 96 valence electrons. The highest BCUT2D eigenvalue weighted by molar-refractivity contribution is 5.35. The number of nitrogens with zero attached hydrogens (tertiary/aromatic N) is 3. The number of ether oxygens (including phenoxy) is 1. The third kappa shape index (κ3) is 4.84. The maximum absolute atomic E-state index is 5.04. The molecular weight excluding hydrogens is 218 g/mol. The van der Waals surface area contributed by atoms with Gasteiger partial charge in [0.2, 0.25) is 11.9 Å². The van der Waals surface area contributed by atoms with Crippen molar-refractivity contribution in [3.8, 4) is 6.01 Å². The molecule has 0 aliphatic rings. The maximum Gasteiger partial charge on any atom is 0.322 e. The Bertz CT molecular complexity index is 343. The molecule has 0 aliphatic carbocycles. The second kappa shape index (κ2) is 6.88. The molecular formula is C11H21N5O. The van der Waals surface area contributed by atoms with Gasteiger partial charge in [0, 0.05) is 13.1 Å². The number of nitrogens with one attached hydrogen (secondary N) is 2. The van der Waals surface area contributed by atoms with Crippen LogP contribution in [0.25, 0.3) is 0 Å². The van der Waals surface area contributed by atoms with Crippen LogP contribution in [0.2, 0.25) is 0 Å². The van der Waals surface area contributed by atoms with Crippen molar-refractivity contribution in [1.29, 1.82) is 0 Å². The molecule has 0 saturated heterocycles. The largest absolute Gasteiger partial charge is 0.467 e. The highest BCUT2D eigenvalue weighted by atomic mass is 16.5. The monoisotopic (exact) mass is 239 g/mol. The van der Waals surface area contributed by atoms with Gasteiger partial charge in [0.05, 0.1) is 7.11 Å². The van der Waals surface area contributed by atoms with Crippen molar-refractivity contribution in [2.45, 2.75) is 27.2 Å².